The van der Waals surface area contributed by atoms with Gasteiger partial charge in [0.15, 0.2) is 0 Å². The molecule has 0 atom stereocenters. The van der Waals surface area contributed by atoms with E-state index in [1.807, 2.05) is 0 Å². The van der Waals surface area contributed by atoms with Crippen molar-refractivity contribution in [3.05, 3.63) is 30.8 Å². The van der Waals surface area contributed by atoms with Gasteiger partial charge >= 0.3 is 6.61 Å². The van der Waals surface area contributed by atoms with E-state index in [1.54, 1.807) is 12.1 Å². The van der Waals surface area contributed by atoms with Gasteiger partial charge in [-0.25, -0.2) is 4.98 Å². The van der Waals surface area contributed by atoms with Crippen molar-refractivity contribution in [3.8, 4) is 5.88 Å². The summed E-state index contributed by atoms with van der Waals surface area (Å²) in [6, 6.07) is 4.49. The van der Waals surface area contributed by atoms with Gasteiger partial charge in [-0.3, -0.25) is 0 Å². The van der Waals surface area contributed by atoms with Gasteiger partial charge < -0.3 is 4.74 Å². The maximum absolute atomic E-state index is 11.6. The van der Waals surface area contributed by atoms with Crippen LogP contribution < -0.4 is 4.74 Å². The summed E-state index contributed by atoms with van der Waals surface area (Å²) in [6.07, 6.45) is 0. The van der Waals surface area contributed by atoms with Crippen molar-refractivity contribution in [1.29, 1.82) is 0 Å². The van der Waals surface area contributed by atoms with Crippen LogP contribution in [0.2, 0.25) is 0 Å². The fraction of sp³-hybridized carbons (Fsp3) is 0.143. The zero-order valence-corrected chi connectivity index (χ0v) is 5.63. The minimum absolute atomic E-state index is 0.104. The second-order valence-corrected chi connectivity index (χ2v) is 1.85. The molecule has 0 saturated heterocycles. The normalized spacial score (nSPS) is 10.2. The zero-order chi connectivity index (χ0) is 8.27. The van der Waals surface area contributed by atoms with Crippen molar-refractivity contribution >= 4 is 0 Å². The molecule has 1 aromatic heterocycles. The molecule has 0 bridgehead atoms. The molecule has 0 aliphatic heterocycles. The van der Waals surface area contributed by atoms with Gasteiger partial charge in [0.1, 0.15) is 0 Å². The number of aromatic nitrogens is 1. The highest BCUT2D eigenvalue weighted by Gasteiger charge is 2.03. The molecular formula is C7H6F2NO. The summed E-state index contributed by atoms with van der Waals surface area (Å²) in [7, 11) is 0. The van der Waals surface area contributed by atoms with E-state index in [4.69, 9.17) is 0 Å². The molecule has 4 heteroatoms. The van der Waals surface area contributed by atoms with E-state index in [9.17, 15) is 8.78 Å². The van der Waals surface area contributed by atoms with Crippen LogP contribution in [-0.2, 0) is 0 Å². The molecule has 0 amide bonds. The quantitative estimate of drug-likeness (QED) is 0.655. The van der Waals surface area contributed by atoms with Crippen LogP contribution in [0.3, 0.4) is 0 Å². The third kappa shape index (κ3) is 2.49. The summed E-state index contributed by atoms with van der Waals surface area (Å²) < 4.78 is 27.1. The SMILES string of the molecule is [CH2]c1cccc(OC(F)F)n1. The molecule has 0 fully saturated rings. The summed E-state index contributed by atoms with van der Waals surface area (Å²) in [5, 5.41) is 0. The lowest BCUT2D eigenvalue weighted by molar-refractivity contribution is -0.0528. The van der Waals surface area contributed by atoms with Gasteiger partial charge in [0.2, 0.25) is 5.88 Å². The van der Waals surface area contributed by atoms with Crippen LogP contribution in [0.1, 0.15) is 5.69 Å². The number of hydrogen-bond donors (Lipinski definition) is 0. The van der Waals surface area contributed by atoms with Crippen molar-refractivity contribution in [2.75, 3.05) is 0 Å². The second kappa shape index (κ2) is 3.27. The van der Waals surface area contributed by atoms with E-state index in [0.29, 0.717) is 5.69 Å². The van der Waals surface area contributed by atoms with E-state index in [2.05, 4.69) is 16.6 Å². The Kier molecular flexibility index (Phi) is 2.36. The number of hydrogen-bond acceptors (Lipinski definition) is 2. The molecule has 1 aromatic rings. The van der Waals surface area contributed by atoms with E-state index in [1.165, 1.54) is 6.07 Å². The van der Waals surface area contributed by atoms with Crippen molar-refractivity contribution in [3.63, 3.8) is 0 Å². The molecule has 0 saturated carbocycles. The van der Waals surface area contributed by atoms with E-state index in [-0.39, 0.29) is 5.88 Å². The molecule has 0 aliphatic rings. The van der Waals surface area contributed by atoms with Gasteiger partial charge in [0, 0.05) is 11.8 Å². The fourth-order valence-corrected chi connectivity index (χ4v) is 0.614. The first-order valence-corrected chi connectivity index (χ1v) is 2.92. The standard InChI is InChI=1S/C7H6F2NO/c1-5-3-2-4-6(10-5)11-7(8)9/h2-4,7H,1H2. The molecule has 0 N–H and O–H groups in total. The largest absolute Gasteiger partial charge is 0.417 e. The lowest BCUT2D eigenvalue weighted by Crippen LogP contribution is -2.03. The lowest BCUT2D eigenvalue weighted by Gasteiger charge is -2.02. The van der Waals surface area contributed by atoms with Gasteiger partial charge in [-0.1, -0.05) is 6.07 Å². The molecule has 2 nitrogen and oxygen atoms in total. The first-order chi connectivity index (χ1) is 5.18. The molecule has 1 heterocycles. The Bertz CT molecular complexity index is 240. The van der Waals surface area contributed by atoms with Gasteiger partial charge in [0.25, 0.3) is 0 Å². The lowest BCUT2D eigenvalue weighted by atomic mass is 10.4. The molecule has 0 spiro atoms. The number of halogens is 2. The van der Waals surface area contributed by atoms with E-state index in [0.717, 1.165) is 0 Å². The fourth-order valence-electron chi connectivity index (χ4n) is 0.614. The highest BCUT2D eigenvalue weighted by molar-refractivity contribution is 5.17. The van der Waals surface area contributed by atoms with E-state index >= 15 is 0 Å². The van der Waals surface area contributed by atoms with Gasteiger partial charge in [0.05, 0.1) is 0 Å². The third-order valence-electron chi connectivity index (χ3n) is 0.991. The Morgan fingerprint density at radius 1 is 1.45 bits per heavy atom. The molecular weight excluding hydrogens is 152 g/mol. The van der Waals surface area contributed by atoms with Gasteiger partial charge in [-0.2, -0.15) is 8.78 Å². The Morgan fingerprint density at radius 2 is 2.18 bits per heavy atom. The predicted molar refractivity (Wildman–Crippen MR) is 35.3 cm³/mol. The number of alkyl halides is 2. The van der Waals surface area contributed by atoms with Crippen LogP contribution in [0.15, 0.2) is 18.2 Å². The summed E-state index contributed by atoms with van der Waals surface area (Å²) in [6.45, 7) is 0.623. The smallest absolute Gasteiger partial charge is 0.388 e. The number of ether oxygens (including phenoxy) is 1. The molecule has 11 heavy (non-hydrogen) atoms. The Labute approximate surface area is 62.8 Å². The molecule has 0 aliphatic carbocycles. The molecule has 1 rings (SSSR count). The van der Waals surface area contributed by atoms with Crippen molar-refractivity contribution < 1.29 is 13.5 Å². The van der Waals surface area contributed by atoms with Crippen LogP contribution in [0, 0.1) is 6.92 Å². The summed E-state index contributed by atoms with van der Waals surface area (Å²) in [4.78, 5) is 3.60. The van der Waals surface area contributed by atoms with Crippen LogP contribution in [0.25, 0.3) is 0 Å². The number of rotatable bonds is 2. The minimum atomic E-state index is -2.83. The van der Waals surface area contributed by atoms with Crippen LogP contribution in [-0.4, -0.2) is 11.6 Å². The second-order valence-electron chi connectivity index (χ2n) is 1.85. The Hall–Kier alpha value is -1.19. The third-order valence-corrected chi connectivity index (χ3v) is 0.991. The van der Waals surface area contributed by atoms with Crippen molar-refractivity contribution in [2.24, 2.45) is 0 Å². The van der Waals surface area contributed by atoms with Gasteiger partial charge in [-0.05, 0) is 13.0 Å². The Balaban J connectivity index is 2.71. The maximum atomic E-state index is 11.6. The number of pyridine rings is 1. The molecule has 59 valence electrons. The molecule has 0 aromatic carbocycles. The van der Waals surface area contributed by atoms with Crippen LogP contribution in [0.4, 0.5) is 8.78 Å². The topological polar surface area (TPSA) is 22.1 Å². The summed E-state index contributed by atoms with van der Waals surface area (Å²) in [5.41, 5.74) is 0.406. The predicted octanol–water partition coefficient (Wildman–Crippen LogP) is 1.87. The monoisotopic (exact) mass is 158 g/mol. The first-order valence-electron chi connectivity index (χ1n) is 2.92. The maximum Gasteiger partial charge on any atom is 0.388 e. The van der Waals surface area contributed by atoms with Crippen LogP contribution in [0.5, 0.6) is 5.88 Å². The van der Waals surface area contributed by atoms with Crippen molar-refractivity contribution in [2.45, 2.75) is 6.61 Å². The van der Waals surface area contributed by atoms with Crippen LogP contribution >= 0.6 is 0 Å². The van der Waals surface area contributed by atoms with Crippen molar-refractivity contribution in [1.82, 2.24) is 4.98 Å². The zero-order valence-electron chi connectivity index (χ0n) is 5.63. The average Bonchev–Trinajstić information content (AvgIpc) is 1.85. The highest BCUT2D eigenvalue weighted by atomic mass is 19.3. The Morgan fingerprint density at radius 3 is 2.73 bits per heavy atom. The summed E-state index contributed by atoms with van der Waals surface area (Å²) in [5.74, 6) is -0.104. The average molecular weight is 158 g/mol. The van der Waals surface area contributed by atoms with Gasteiger partial charge in [-0.15, -0.1) is 0 Å². The minimum Gasteiger partial charge on any atom is -0.417 e. The molecule has 0 unspecified atom stereocenters. The molecule has 1 radical (unpaired) electrons. The summed E-state index contributed by atoms with van der Waals surface area (Å²) >= 11 is 0. The van der Waals surface area contributed by atoms with E-state index < -0.39 is 6.61 Å². The number of nitrogens with zero attached hydrogens (tertiary/aromatic N) is 1. The first kappa shape index (κ1) is 7.91. The highest BCUT2D eigenvalue weighted by Crippen LogP contribution is 2.09.